The van der Waals surface area contributed by atoms with E-state index in [1.54, 1.807) is 0 Å². The van der Waals surface area contributed by atoms with E-state index in [0.717, 1.165) is 32.6 Å². The Hall–Kier alpha value is -1.35. The largest absolute Gasteiger partial charge is 0.359 e. The summed E-state index contributed by atoms with van der Waals surface area (Å²) in [5.41, 5.74) is 1.38. The molecule has 0 bridgehead atoms. The van der Waals surface area contributed by atoms with E-state index in [2.05, 4.69) is 47.1 Å². The molecule has 0 aliphatic carbocycles. The molecule has 98 valence electrons. The Bertz CT molecular complexity index is 388. The van der Waals surface area contributed by atoms with Gasteiger partial charge in [0.05, 0.1) is 5.84 Å². The third kappa shape index (κ3) is 3.33. The van der Waals surface area contributed by atoms with E-state index in [9.17, 15) is 0 Å². The van der Waals surface area contributed by atoms with Gasteiger partial charge in [-0.25, -0.2) is 0 Å². The van der Waals surface area contributed by atoms with Crippen LogP contribution in [-0.2, 0) is 6.54 Å². The highest BCUT2D eigenvalue weighted by atomic mass is 15.2. The molecule has 1 aromatic rings. The lowest BCUT2D eigenvalue weighted by molar-refractivity contribution is 0.210. The quantitative estimate of drug-likeness (QED) is 0.641. The van der Waals surface area contributed by atoms with Gasteiger partial charge in [-0.05, 0) is 25.8 Å². The Morgan fingerprint density at radius 2 is 1.94 bits per heavy atom. The topological polar surface area (TPSA) is 30.3 Å². The molecule has 2 rings (SSSR count). The van der Waals surface area contributed by atoms with Crippen LogP contribution in [0.2, 0.25) is 0 Å². The molecule has 3 heteroatoms. The maximum Gasteiger partial charge on any atom is 0.0926 e. The van der Waals surface area contributed by atoms with Crippen LogP contribution in [0.4, 0.5) is 0 Å². The van der Waals surface area contributed by atoms with E-state index in [1.165, 1.54) is 5.56 Å². The standard InChI is InChI=1S/C15H23N3/c1-13-8-9-17(14(2)16)10-11-18(13)12-15-6-4-3-5-7-15/h3-7,13,16H,8-12H2,1-2H3. The molecule has 1 N–H and O–H groups in total. The number of nitrogens with one attached hydrogen (secondary N) is 1. The number of hydrogen-bond acceptors (Lipinski definition) is 2. The average molecular weight is 245 g/mol. The van der Waals surface area contributed by atoms with Gasteiger partial charge in [-0.2, -0.15) is 0 Å². The minimum atomic E-state index is 0.592. The molecular weight excluding hydrogens is 222 g/mol. The number of benzene rings is 1. The number of hydrogen-bond donors (Lipinski definition) is 1. The highest BCUT2D eigenvalue weighted by Crippen LogP contribution is 2.14. The molecule has 3 nitrogen and oxygen atoms in total. The van der Waals surface area contributed by atoms with E-state index >= 15 is 0 Å². The zero-order chi connectivity index (χ0) is 13.0. The van der Waals surface area contributed by atoms with Crippen molar-refractivity contribution < 1.29 is 0 Å². The van der Waals surface area contributed by atoms with Crippen molar-refractivity contribution in [3.63, 3.8) is 0 Å². The van der Waals surface area contributed by atoms with Crippen LogP contribution in [0, 0.1) is 5.41 Å². The van der Waals surface area contributed by atoms with E-state index in [-0.39, 0.29) is 0 Å². The van der Waals surface area contributed by atoms with Crippen LogP contribution < -0.4 is 0 Å². The molecule has 0 aromatic heterocycles. The summed E-state index contributed by atoms with van der Waals surface area (Å²) >= 11 is 0. The van der Waals surface area contributed by atoms with Gasteiger partial charge >= 0.3 is 0 Å². The van der Waals surface area contributed by atoms with Gasteiger partial charge in [0, 0.05) is 32.2 Å². The van der Waals surface area contributed by atoms with Crippen molar-refractivity contribution in [1.29, 1.82) is 5.41 Å². The zero-order valence-electron chi connectivity index (χ0n) is 11.4. The van der Waals surface area contributed by atoms with Crippen LogP contribution in [0.25, 0.3) is 0 Å². The summed E-state index contributed by atoms with van der Waals surface area (Å²) in [6.45, 7) is 8.25. The lowest BCUT2D eigenvalue weighted by Gasteiger charge is -2.26. The van der Waals surface area contributed by atoms with Crippen molar-refractivity contribution in [1.82, 2.24) is 9.80 Å². The first-order chi connectivity index (χ1) is 8.66. The summed E-state index contributed by atoms with van der Waals surface area (Å²) in [5, 5.41) is 7.75. The molecule has 1 fully saturated rings. The molecule has 0 spiro atoms. The Kier molecular flexibility index (Phi) is 4.37. The van der Waals surface area contributed by atoms with Gasteiger partial charge in [0.25, 0.3) is 0 Å². The molecule has 0 amide bonds. The molecule has 1 atom stereocenters. The van der Waals surface area contributed by atoms with Crippen molar-refractivity contribution in [3.8, 4) is 0 Å². The van der Waals surface area contributed by atoms with Crippen molar-refractivity contribution in [3.05, 3.63) is 35.9 Å². The van der Waals surface area contributed by atoms with Gasteiger partial charge in [-0.3, -0.25) is 10.3 Å². The lowest BCUT2D eigenvalue weighted by Crippen LogP contribution is -2.35. The summed E-state index contributed by atoms with van der Waals surface area (Å²) in [6, 6.07) is 11.2. The fourth-order valence-electron chi connectivity index (χ4n) is 2.49. The van der Waals surface area contributed by atoms with Gasteiger partial charge in [0.2, 0.25) is 0 Å². The van der Waals surface area contributed by atoms with Gasteiger partial charge < -0.3 is 4.90 Å². The Labute approximate surface area is 110 Å². The molecular formula is C15H23N3. The van der Waals surface area contributed by atoms with Gasteiger partial charge in [-0.15, -0.1) is 0 Å². The van der Waals surface area contributed by atoms with Gasteiger partial charge in [0.15, 0.2) is 0 Å². The fraction of sp³-hybridized carbons (Fsp3) is 0.533. The summed E-state index contributed by atoms with van der Waals surface area (Å²) < 4.78 is 0. The second-order valence-electron chi connectivity index (χ2n) is 5.17. The maximum absolute atomic E-state index is 7.75. The van der Waals surface area contributed by atoms with Crippen molar-refractivity contribution in [2.45, 2.75) is 32.9 Å². The second kappa shape index (κ2) is 6.01. The van der Waals surface area contributed by atoms with Crippen LogP contribution in [0.5, 0.6) is 0 Å². The molecule has 1 saturated heterocycles. The number of nitrogens with zero attached hydrogens (tertiary/aromatic N) is 2. The first-order valence-corrected chi connectivity index (χ1v) is 6.75. The fourth-order valence-corrected chi connectivity index (χ4v) is 2.49. The Morgan fingerprint density at radius 3 is 2.61 bits per heavy atom. The normalized spacial score (nSPS) is 21.7. The predicted octanol–water partition coefficient (Wildman–Crippen LogP) is 2.58. The first-order valence-electron chi connectivity index (χ1n) is 6.75. The van der Waals surface area contributed by atoms with Crippen molar-refractivity contribution in [2.24, 2.45) is 0 Å². The highest BCUT2D eigenvalue weighted by Gasteiger charge is 2.20. The van der Waals surface area contributed by atoms with Crippen LogP contribution in [0.15, 0.2) is 30.3 Å². The van der Waals surface area contributed by atoms with E-state index in [0.29, 0.717) is 11.9 Å². The third-order valence-corrected chi connectivity index (χ3v) is 3.80. The minimum absolute atomic E-state index is 0.592. The van der Waals surface area contributed by atoms with Crippen molar-refractivity contribution in [2.75, 3.05) is 19.6 Å². The van der Waals surface area contributed by atoms with Crippen LogP contribution >= 0.6 is 0 Å². The molecule has 1 aliphatic heterocycles. The SMILES string of the molecule is CC(=N)N1CCC(C)N(Cc2ccccc2)CC1. The average Bonchev–Trinajstić information content (AvgIpc) is 2.54. The predicted molar refractivity (Wildman–Crippen MR) is 75.9 cm³/mol. The van der Waals surface area contributed by atoms with E-state index in [1.807, 2.05) is 6.92 Å². The molecule has 1 aliphatic rings. The number of rotatable bonds is 2. The Morgan fingerprint density at radius 1 is 1.22 bits per heavy atom. The van der Waals surface area contributed by atoms with Crippen LogP contribution in [0.3, 0.4) is 0 Å². The summed E-state index contributed by atoms with van der Waals surface area (Å²) in [5.74, 6) is 0.698. The Balaban J connectivity index is 1.98. The van der Waals surface area contributed by atoms with Crippen LogP contribution in [-0.4, -0.2) is 41.3 Å². The molecule has 1 aromatic carbocycles. The minimum Gasteiger partial charge on any atom is -0.359 e. The summed E-state index contributed by atoms with van der Waals surface area (Å²) in [7, 11) is 0. The smallest absolute Gasteiger partial charge is 0.0926 e. The summed E-state index contributed by atoms with van der Waals surface area (Å²) in [4.78, 5) is 4.71. The van der Waals surface area contributed by atoms with Crippen LogP contribution in [0.1, 0.15) is 25.8 Å². The molecule has 18 heavy (non-hydrogen) atoms. The van der Waals surface area contributed by atoms with Gasteiger partial charge in [-0.1, -0.05) is 30.3 Å². The van der Waals surface area contributed by atoms with Crippen molar-refractivity contribution >= 4 is 5.84 Å². The van der Waals surface area contributed by atoms with E-state index in [4.69, 9.17) is 5.41 Å². The first kappa shape index (κ1) is 13.1. The molecule has 1 heterocycles. The zero-order valence-corrected chi connectivity index (χ0v) is 11.4. The van der Waals surface area contributed by atoms with E-state index < -0.39 is 0 Å². The summed E-state index contributed by atoms with van der Waals surface area (Å²) in [6.07, 6.45) is 1.14. The number of amidine groups is 1. The highest BCUT2D eigenvalue weighted by molar-refractivity contribution is 5.76. The lowest BCUT2D eigenvalue weighted by atomic mass is 10.1. The second-order valence-corrected chi connectivity index (χ2v) is 5.17. The maximum atomic E-state index is 7.75. The van der Waals surface area contributed by atoms with Gasteiger partial charge in [0.1, 0.15) is 0 Å². The third-order valence-electron chi connectivity index (χ3n) is 3.80. The molecule has 1 unspecified atom stereocenters. The molecule has 0 saturated carbocycles. The molecule has 0 radical (unpaired) electrons. The monoisotopic (exact) mass is 245 g/mol.